The van der Waals surface area contributed by atoms with Gasteiger partial charge in [0.25, 0.3) is 0 Å². The van der Waals surface area contributed by atoms with E-state index in [1.54, 1.807) is 0 Å². The average Bonchev–Trinajstić information content (AvgIpc) is 1.44. The van der Waals surface area contributed by atoms with E-state index < -0.39 is 33.5 Å². The SMILES string of the molecule is CS(=O)(=O)N(S(C)(=O)=O)S(=O)(=O)[O-].[Li+]. The molecule has 0 N–H and O–H groups in total. The maximum absolute atomic E-state index is 10.6. The van der Waals surface area contributed by atoms with Crippen molar-refractivity contribution >= 4 is 30.4 Å². The third-order valence-corrected chi connectivity index (χ3v) is 6.52. The fourth-order valence-corrected chi connectivity index (χ4v) is 5.20. The molecule has 0 unspecified atom stereocenters. The van der Waals surface area contributed by atoms with E-state index in [4.69, 9.17) is 0 Å². The molecule has 0 radical (unpaired) electrons. The zero-order valence-corrected chi connectivity index (χ0v) is 9.98. The van der Waals surface area contributed by atoms with Crippen LogP contribution in [0.3, 0.4) is 0 Å². The van der Waals surface area contributed by atoms with Crippen molar-refractivity contribution in [3.8, 4) is 0 Å². The number of hydrogen-bond acceptors (Lipinski definition) is 7. The summed E-state index contributed by atoms with van der Waals surface area (Å²) >= 11 is 0. The Morgan fingerprint density at radius 1 is 0.857 bits per heavy atom. The van der Waals surface area contributed by atoms with Gasteiger partial charge < -0.3 is 4.55 Å². The van der Waals surface area contributed by atoms with Crippen LogP contribution in [0.25, 0.3) is 0 Å². The Kier molecular flexibility index (Phi) is 5.37. The van der Waals surface area contributed by atoms with E-state index >= 15 is 0 Å². The van der Waals surface area contributed by atoms with Gasteiger partial charge in [-0.25, -0.2) is 25.3 Å². The van der Waals surface area contributed by atoms with Gasteiger partial charge >= 0.3 is 18.9 Å². The average molecular weight is 259 g/mol. The first kappa shape index (κ1) is 16.8. The molecule has 0 amide bonds. The van der Waals surface area contributed by atoms with Gasteiger partial charge in [0.2, 0.25) is 20.0 Å². The first-order valence-electron chi connectivity index (χ1n) is 2.53. The van der Waals surface area contributed by atoms with Crippen molar-refractivity contribution in [2.45, 2.75) is 0 Å². The quantitative estimate of drug-likeness (QED) is 0.365. The fraction of sp³-hybridized carbons (Fsp3) is 1.00. The molecule has 12 heteroatoms. The summed E-state index contributed by atoms with van der Waals surface area (Å²) in [4.78, 5) is 0. The molecular formula is C2H6LiNO7S3. The van der Waals surface area contributed by atoms with Gasteiger partial charge in [0.15, 0.2) is 10.3 Å². The first-order valence-corrected chi connectivity index (χ1v) is 7.59. The third kappa shape index (κ3) is 4.74. The number of sulfonamides is 2. The molecule has 0 fully saturated rings. The minimum atomic E-state index is -5.57. The maximum Gasteiger partial charge on any atom is 1.00 e. The van der Waals surface area contributed by atoms with Gasteiger partial charge in [0, 0.05) is 3.12 Å². The Balaban J connectivity index is 0. The molecule has 0 aromatic rings. The summed E-state index contributed by atoms with van der Waals surface area (Å²) in [6.45, 7) is 0. The van der Waals surface area contributed by atoms with E-state index in [-0.39, 0.29) is 18.9 Å². The number of nitrogens with zero attached hydrogens (tertiary/aromatic N) is 1. The molecule has 0 saturated carbocycles. The summed E-state index contributed by atoms with van der Waals surface area (Å²) in [5, 5.41) is 0. The smallest absolute Gasteiger partial charge is 0.734 e. The van der Waals surface area contributed by atoms with E-state index in [0.717, 1.165) is 0 Å². The van der Waals surface area contributed by atoms with Gasteiger partial charge in [-0.05, 0) is 0 Å². The van der Waals surface area contributed by atoms with Crippen LogP contribution in [-0.2, 0) is 30.4 Å². The molecule has 0 aliphatic carbocycles. The molecule has 14 heavy (non-hydrogen) atoms. The van der Waals surface area contributed by atoms with E-state index in [9.17, 15) is 29.8 Å². The Morgan fingerprint density at radius 2 is 1.07 bits per heavy atom. The Hall–Kier alpha value is 0.367. The summed E-state index contributed by atoms with van der Waals surface area (Å²) in [7, 11) is -14.8. The van der Waals surface area contributed by atoms with Crippen molar-refractivity contribution in [1.29, 1.82) is 0 Å². The maximum atomic E-state index is 10.6. The van der Waals surface area contributed by atoms with Crippen molar-refractivity contribution < 1.29 is 48.7 Å². The van der Waals surface area contributed by atoms with Crippen LogP contribution in [-0.4, -0.2) is 45.4 Å². The molecule has 0 saturated heterocycles. The van der Waals surface area contributed by atoms with Crippen LogP contribution < -0.4 is 18.9 Å². The second-order valence-electron chi connectivity index (χ2n) is 2.12. The first-order chi connectivity index (χ1) is 5.37. The second kappa shape index (κ2) is 4.48. The van der Waals surface area contributed by atoms with Crippen LogP contribution in [0.4, 0.5) is 0 Å². The van der Waals surface area contributed by atoms with Gasteiger partial charge in [0.05, 0.1) is 12.5 Å². The molecule has 0 aromatic heterocycles. The Labute approximate surface area is 94.4 Å². The molecule has 8 nitrogen and oxygen atoms in total. The zero-order valence-electron chi connectivity index (χ0n) is 7.53. The van der Waals surface area contributed by atoms with Crippen LogP contribution in [0.1, 0.15) is 0 Å². The molecule has 80 valence electrons. The predicted octanol–water partition coefficient (Wildman–Crippen LogP) is -5.33. The van der Waals surface area contributed by atoms with E-state index in [2.05, 4.69) is 0 Å². The van der Waals surface area contributed by atoms with Crippen molar-refractivity contribution in [3.05, 3.63) is 0 Å². The Morgan fingerprint density at radius 3 is 1.07 bits per heavy atom. The molecule has 0 atom stereocenters. The van der Waals surface area contributed by atoms with Gasteiger partial charge in [0.1, 0.15) is 0 Å². The van der Waals surface area contributed by atoms with Crippen LogP contribution >= 0.6 is 0 Å². The fourth-order valence-electron chi connectivity index (χ4n) is 0.578. The van der Waals surface area contributed by atoms with Crippen molar-refractivity contribution in [3.63, 3.8) is 0 Å². The largest absolute Gasteiger partial charge is 1.00 e. The van der Waals surface area contributed by atoms with Crippen molar-refractivity contribution in [2.24, 2.45) is 0 Å². The van der Waals surface area contributed by atoms with Gasteiger partial charge in [-0.1, -0.05) is 0 Å². The molecule has 0 rings (SSSR count). The topological polar surface area (TPSA) is 129 Å². The van der Waals surface area contributed by atoms with E-state index in [1.807, 2.05) is 0 Å². The summed E-state index contributed by atoms with van der Waals surface area (Å²) in [5.41, 5.74) is 0. The summed E-state index contributed by atoms with van der Waals surface area (Å²) in [6.07, 6.45) is 0.590. The standard InChI is InChI=1S/C2H7NO7S3.Li/c1-11(4,5)3(12(2,6)7)13(8,9)10;/h1-2H3,(H,8,9,10);/q;+1/p-1. The van der Waals surface area contributed by atoms with Gasteiger partial charge in [-0.3, -0.25) is 0 Å². The van der Waals surface area contributed by atoms with Crippen LogP contribution in [0.2, 0.25) is 0 Å². The third-order valence-electron chi connectivity index (χ3n) is 0.724. The normalized spacial score (nSPS) is 13.7. The predicted molar refractivity (Wildman–Crippen MR) is 41.2 cm³/mol. The molecule has 0 aliphatic heterocycles. The molecule has 0 spiro atoms. The Bertz CT molecular complexity index is 409. The molecule has 0 aliphatic rings. The molecule has 0 bridgehead atoms. The van der Waals surface area contributed by atoms with E-state index in [1.165, 1.54) is 0 Å². The minimum Gasteiger partial charge on any atom is -0.734 e. The monoisotopic (exact) mass is 259 g/mol. The van der Waals surface area contributed by atoms with E-state index in [0.29, 0.717) is 12.5 Å². The molecular weight excluding hydrogens is 253 g/mol. The number of hydrogen-bond donors (Lipinski definition) is 0. The van der Waals surface area contributed by atoms with Crippen LogP contribution in [0, 0.1) is 0 Å². The summed E-state index contributed by atoms with van der Waals surface area (Å²) in [6, 6.07) is 0. The minimum absolute atomic E-state index is 0. The van der Waals surface area contributed by atoms with Crippen molar-refractivity contribution in [1.82, 2.24) is 3.12 Å². The molecule has 0 heterocycles. The summed E-state index contributed by atoms with van der Waals surface area (Å²) in [5.74, 6) is 0. The number of rotatable bonds is 3. The zero-order chi connectivity index (χ0) is 11.1. The van der Waals surface area contributed by atoms with Crippen LogP contribution in [0.15, 0.2) is 0 Å². The second-order valence-corrected chi connectivity index (χ2v) is 7.69. The van der Waals surface area contributed by atoms with Crippen LogP contribution in [0.5, 0.6) is 0 Å². The molecule has 0 aromatic carbocycles. The van der Waals surface area contributed by atoms with Crippen molar-refractivity contribution in [2.75, 3.05) is 12.5 Å². The van der Waals surface area contributed by atoms with Gasteiger partial charge in [-0.15, -0.1) is 0 Å². The summed E-state index contributed by atoms with van der Waals surface area (Å²) < 4.78 is 72.0. The van der Waals surface area contributed by atoms with Gasteiger partial charge in [-0.2, -0.15) is 0 Å².